The molecule has 18 heavy (non-hydrogen) atoms. The minimum Gasteiger partial charge on any atom is -0.478 e. The quantitative estimate of drug-likeness (QED) is 0.663. The first kappa shape index (κ1) is 15.0. The fraction of sp³-hybridized carbons (Fsp3) is 0.636. The molecule has 7 heteroatoms. The summed E-state index contributed by atoms with van der Waals surface area (Å²) in [5, 5.41) is 25.4. The van der Waals surface area contributed by atoms with Crippen molar-refractivity contribution in [3.05, 3.63) is 17.5 Å². The molecule has 1 aromatic rings. The summed E-state index contributed by atoms with van der Waals surface area (Å²) in [4.78, 5) is 11.0. The predicted octanol–water partition coefficient (Wildman–Crippen LogP) is 0.320. The van der Waals surface area contributed by atoms with Crippen LogP contribution in [0.2, 0.25) is 0 Å². The molecule has 102 valence electrons. The van der Waals surface area contributed by atoms with Gasteiger partial charge in [-0.2, -0.15) is 16.9 Å². The predicted molar refractivity (Wildman–Crippen MR) is 70.9 cm³/mol. The van der Waals surface area contributed by atoms with Gasteiger partial charge in [-0.05, 0) is 13.2 Å². The monoisotopic (exact) mass is 273 g/mol. The molecule has 0 saturated carbocycles. The molecule has 0 saturated heterocycles. The van der Waals surface area contributed by atoms with Gasteiger partial charge in [-0.1, -0.05) is 0 Å². The largest absolute Gasteiger partial charge is 0.478 e. The van der Waals surface area contributed by atoms with Crippen LogP contribution in [0.1, 0.15) is 23.0 Å². The molecule has 0 spiro atoms. The fourth-order valence-electron chi connectivity index (χ4n) is 1.68. The summed E-state index contributed by atoms with van der Waals surface area (Å²) in [6.45, 7) is 2.47. The van der Waals surface area contributed by atoms with Gasteiger partial charge in [0.1, 0.15) is 5.56 Å². The lowest BCUT2D eigenvalue weighted by Gasteiger charge is -2.21. The van der Waals surface area contributed by atoms with Gasteiger partial charge in [-0.15, -0.1) is 0 Å². The van der Waals surface area contributed by atoms with E-state index in [4.69, 9.17) is 5.11 Å². The third kappa shape index (κ3) is 3.47. The molecule has 2 unspecified atom stereocenters. The molecule has 1 rings (SSSR count). The van der Waals surface area contributed by atoms with Crippen LogP contribution in [0.5, 0.6) is 0 Å². The SMILES string of the molecule is CSC(CO)C(C)NCc1c(C(=O)O)cnn1C. The number of carboxylic acid groups (broad SMARTS) is 1. The van der Waals surface area contributed by atoms with E-state index in [0.717, 1.165) is 0 Å². The number of carboxylic acids is 1. The summed E-state index contributed by atoms with van der Waals surface area (Å²) >= 11 is 1.58. The Morgan fingerprint density at radius 2 is 2.33 bits per heavy atom. The maximum Gasteiger partial charge on any atom is 0.339 e. The fourth-order valence-corrected chi connectivity index (χ4v) is 2.33. The molecule has 0 aromatic carbocycles. The van der Waals surface area contributed by atoms with E-state index in [9.17, 15) is 9.90 Å². The van der Waals surface area contributed by atoms with Crippen molar-refractivity contribution < 1.29 is 15.0 Å². The Morgan fingerprint density at radius 1 is 1.67 bits per heavy atom. The van der Waals surface area contributed by atoms with Gasteiger partial charge in [0, 0.05) is 24.9 Å². The molecule has 0 aliphatic rings. The molecule has 1 aromatic heterocycles. The number of aliphatic hydroxyl groups excluding tert-OH is 1. The highest BCUT2D eigenvalue weighted by atomic mass is 32.2. The number of rotatable bonds is 7. The van der Waals surface area contributed by atoms with E-state index >= 15 is 0 Å². The van der Waals surface area contributed by atoms with Crippen LogP contribution in [0.3, 0.4) is 0 Å². The van der Waals surface area contributed by atoms with Crippen molar-refractivity contribution in [3.8, 4) is 0 Å². The van der Waals surface area contributed by atoms with Crippen LogP contribution in [0.4, 0.5) is 0 Å². The number of aliphatic hydroxyl groups is 1. The van der Waals surface area contributed by atoms with Crippen molar-refractivity contribution in [2.75, 3.05) is 12.9 Å². The van der Waals surface area contributed by atoms with Gasteiger partial charge < -0.3 is 15.5 Å². The average Bonchev–Trinajstić information content (AvgIpc) is 2.69. The Balaban J connectivity index is 2.68. The first-order valence-electron chi connectivity index (χ1n) is 5.62. The topological polar surface area (TPSA) is 87.4 Å². The number of hydrogen-bond donors (Lipinski definition) is 3. The molecule has 3 N–H and O–H groups in total. The molecule has 0 fully saturated rings. The maximum atomic E-state index is 11.0. The second-order valence-corrected chi connectivity index (χ2v) is 5.14. The number of hydrogen-bond acceptors (Lipinski definition) is 5. The van der Waals surface area contributed by atoms with Gasteiger partial charge >= 0.3 is 5.97 Å². The highest BCUT2D eigenvalue weighted by Gasteiger charge is 2.18. The van der Waals surface area contributed by atoms with Gasteiger partial charge in [-0.25, -0.2) is 4.79 Å². The maximum absolute atomic E-state index is 11.0. The van der Waals surface area contributed by atoms with Crippen molar-refractivity contribution >= 4 is 17.7 Å². The van der Waals surface area contributed by atoms with Crippen molar-refractivity contribution in [3.63, 3.8) is 0 Å². The second kappa shape index (κ2) is 6.77. The molecule has 0 radical (unpaired) electrons. The van der Waals surface area contributed by atoms with E-state index in [1.54, 1.807) is 23.5 Å². The first-order valence-corrected chi connectivity index (χ1v) is 6.91. The van der Waals surface area contributed by atoms with Gasteiger partial charge in [0.2, 0.25) is 0 Å². The molecule has 1 heterocycles. The van der Waals surface area contributed by atoms with Crippen LogP contribution in [0, 0.1) is 0 Å². The zero-order valence-electron chi connectivity index (χ0n) is 10.8. The van der Waals surface area contributed by atoms with Gasteiger partial charge in [0.15, 0.2) is 0 Å². The van der Waals surface area contributed by atoms with Crippen LogP contribution >= 0.6 is 11.8 Å². The summed E-state index contributed by atoms with van der Waals surface area (Å²) in [6.07, 6.45) is 3.29. The van der Waals surface area contributed by atoms with Crippen molar-refractivity contribution in [2.45, 2.75) is 24.8 Å². The number of nitrogens with one attached hydrogen (secondary N) is 1. The zero-order valence-corrected chi connectivity index (χ0v) is 11.6. The summed E-state index contributed by atoms with van der Waals surface area (Å²) in [5.41, 5.74) is 0.842. The number of aromatic nitrogens is 2. The summed E-state index contributed by atoms with van der Waals surface area (Å²) in [7, 11) is 1.71. The van der Waals surface area contributed by atoms with Crippen LogP contribution in [-0.4, -0.2) is 50.1 Å². The molecule has 0 aliphatic carbocycles. The highest BCUT2D eigenvalue weighted by molar-refractivity contribution is 7.99. The Morgan fingerprint density at radius 3 is 2.83 bits per heavy atom. The van der Waals surface area contributed by atoms with E-state index in [-0.39, 0.29) is 23.5 Å². The summed E-state index contributed by atoms with van der Waals surface area (Å²) in [5.74, 6) is -0.976. The lowest BCUT2D eigenvalue weighted by molar-refractivity contribution is 0.0695. The average molecular weight is 273 g/mol. The standard InChI is InChI=1S/C11H19N3O3S/c1-7(10(6-15)18-3)12-5-9-8(11(16)17)4-13-14(9)2/h4,7,10,12,15H,5-6H2,1-3H3,(H,16,17). The minimum absolute atomic E-state index is 0.0848. The van der Waals surface area contributed by atoms with E-state index in [2.05, 4.69) is 10.4 Å². The number of thioether (sulfide) groups is 1. The molecular weight excluding hydrogens is 254 g/mol. The van der Waals surface area contributed by atoms with E-state index in [1.165, 1.54) is 6.20 Å². The van der Waals surface area contributed by atoms with Crippen molar-refractivity contribution in [1.29, 1.82) is 0 Å². The third-order valence-electron chi connectivity index (χ3n) is 2.92. The molecular formula is C11H19N3O3S. The van der Waals surface area contributed by atoms with Gasteiger partial charge in [-0.3, -0.25) is 4.68 Å². The van der Waals surface area contributed by atoms with Crippen LogP contribution in [-0.2, 0) is 13.6 Å². The van der Waals surface area contributed by atoms with Crippen LogP contribution in [0.25, 0.3) is 0 Å². The Kier molecular flexibility index (Phi) is 5.64. The number of aromatic carboxylic acids is 1. The normalized spacial score (nSPS) is 14.4. The number of carbonyl (C=O) groups is 1. The molecule has 0 bridgehead atoms. The highest BCUT2D eigenvalue weighted by Crippen LogP contribution is 2.12. The second-order valence-electron chi connectivity index (χ2n) is 4.06. The lowest BCUT2D eigenvalue weighted by atomic mass is 10.2. The summed E-state index contributed by atoms with van der Waals surface area (Å²) < 4.78 is 1.55. The van der Waals surface area contributed by atoms with Crippen molar-refractivity contribution in [1.82, 2.24) is 15.1 Å². The first-order chi connectivity index (χ1) is 8.51. The lowest BCUT2D eigenvalue weighted by Crippen LogP contribution is -2.37. The Bertz CT molecular complexity index is 404. The molecule has 6 nitrogen and oxygen atoms in total. The zero-order chi connectivity index (χ0) is 13.7. The van der Waals surface area contributed by atoms with Crippen molar-refractivity contribution in [2.24, 2.45) is 7.05 Å². The van der Waals surface area contributed by atoms with E-state index in [1.807, 2.05) is 13.2 Å². The number of aryl methyl sites for hydroxylation is 1. The van der Waals surface area contributed by atoms with E-state index < -0.39 is 5.97 Å². The smallest absolute Gasteiger partial charge is 0.339 e. The van der Waals surface area contributed by atoms with Gasteiger partial charge in [0.05, 0.1) is 18.5 Å². The molecule has 2 atom stereocenters. The molecule has 0 amide bonds. The van der Waals surface area contributed by atoms with E-state index in [0.29, 0.717) is 12.2 Å². The minimum atomic E-state index is -0.976. The van der Waals surface area contributed by atoms with Crippen LogP contribution < -0.4 is 5.32 Å². The number of nitrogens with zero attached hydrogens (tertiary/aromatic N) is 2. The Labute approximate surface area is 110 Å². The third-order valence-corrected chi connectivity index (χ3v) is 4.09. The molecule has 0 aliphatic heterocycles. The summed E-state index contributed by atoms with van der Waals surface area (Å²) in [6, 6.07) is 0.0848. The van der Waals surface area contributed by atoms with Crippen LogP contribution in [0.15, 0.2) is 6.20 Å². The van der Waals surface area contributed by atoms with Gasteiger partial charge in [0.25, 0.3) is 0 Å². The Hall–Kier alpha value is -1.05.